The minimum atomic E-state index is -0.172. The Balaban J connectivity index is 1.41. The molecule has 1 fully saturated rings. The van der Waals surface area contributed by atoms with Crippen LogP contribution in [0.4, 0.5) is 0 Å². The number of nitrogens with one attached hydrogen (secondary N) is 1. The van der Waals surface area contributed by atoms with Crippen LogP contribution in [0.1, 0.15) is 33.0 Å². The van der Waals surface area contributed by atoms with Gasteiger partial charge in [0.2, 0.25) is 5.91 Å². The number of nitrogens with zero attached hydrogens (tertiary/aromatic N) is 2. The van der Waals surface area contributed by atoms with E-state index in [1.807, 2.05) is 11.0 Å². The van der Waals surface area contributed by atoms with Crippen molar-refractivity contribution in [2.45, 2.75) is 43.0 Å². The summed E-state index contributed by atoms with van der Waals surface area (Å²) >= 11 is 9.00. The van der Waals surface area contributed by atoms with Crippen LogP contribution in [0, 0.1) is 0 Å². The van der Waals surface area contributed by atoms with Crippen LogP contribution in [0.5, 0.6) is 0 Å². The first-order valence-electron chi connectivity index (χ1n) is 10.1. The number of hydrogen-bond acceptors (Lipinski definition) is 6. The molecule has 4 rings (SSSR count). The number of likely N-dealkylation sites (N-methyl/N-ethyl adjacent to an activating group) is 1. The van der Waals surface area contributed by atoms with E-state index in [0.717, 1.165) is 30.8 Å². The van der Waals surface area contributed by atoms with Gasteiger partial charge in [0.1, 0.15) is 0 Å². The maximum absolute atomic E-state index is 13.2. The first kappa shape index (κ1) is 21.2. The fourth-order valence-corrected chi connectivity index (χ4v) is 6.63. The smallest absolute Gasteiger partial charge is 0.264 e. The molecule has 0 radical (unpaired) electrons. The quantitative estimate of drug-likeness (QED) is 0.727. The molecule has 2 amide bonds. The standard InChI is InChI=1S/C20H27ClN4O2S2/c1-24-6-4-12-8-17(28-15(12)5-7-24)20(27)25-11-13(9-14(25)10-22)23-19(26)16-2-3-18(21)29-16/h3,8,13-14,16H,2,4-7,9-11,22H2,1H3,(H,23,26)/t13-,14+,16?/m1/s1. The molecule has 0 spiro atoms. The topological polar surface area (TPSA) is 78.7 Å². The molecule has 0 aromatic carbocycles. The highest BCUT2D eigenvalue weighted by Crippen LogP contribution is 2.35. The first-order valence-corrected chi connectivity index (χ1v) is 12.2. The minimum absolute atomic E-state index is 0.0103. The van der Waals surface area contributed by atoms with Crippen LogP contribution in [0.3, 0.4) is 0 Å². The number of hydrogen-bond donors (Lipinski definition) is 2. The lowest BCUT2D eigenvalue weighted by molar-refractivity contribution is -0.121. The third-order valence-corrected chi connectivity index (χ3v) is 8.65. The zero-order valence-corrected chi connectivity index (χ0v) is 18.9. The summed E-state index contributed by atoms with van der Waals surface area (Å²) in [5.41, 5.74) is 7.27. The molecule has 1 aromatic heterocycles. The summed E-state index contributed by atoms with van der Waals surface area (Å²) in [5.74, 6) is 0.0347. The van der Waals surface area contributed by atoms with E-state index in [2.05, 4.69) is 23.3 Å². The van der Waals surface area contributed by atoms with Gasteiger partial charge in [0.05, 0.1) is 14.5 Å². The normalized spacial score (nSPS) is 27.5. The molecule has 3 N–H and O–H groups in total. The molecule has 158 valence electrons. The molecule has 4 heterocycles. The molecule has 1 unspecified atom stereocenters. The van der Waals surface area contributed by atoms with Crippen molar-refractivity contribution in [1.29, 1.82) is 0 Å². The summed E-state index contributed by atoms with van der Waals surface area (Å²) in [5, 5.41) is 2.93. The van der Waals surface area contributed by atoms with Crippen LogP contribution in [0.15, 0.2) is 16.5 Å². The third-order valence-electron chi connectivity index (χ3n) is 5.92. The lowest BCUT2D eigenvalue weighted by Gasteiger charge is -2.22. The van der Waals surface area contributed by atoms with Crippen LogP contribution in [-0.2, 0) is 17.6 Å². The van der Waals surface area contributed by atoms with Crippen molar-refractivity contribution in [2.24, 2.45) is 5.73 Å². The second kappa shape index (κ2) is 8.98. The average Bonchev–Trinajstić information content (AvgIpc) is 3.40. The molecule has 0 aliphatic carbocycles. The van der Waals surface area contributed by atoms with Crippen molar-refractivity contribution in [1.82, 2.24) is 15.1 Å². The number of fused-ring (bicyclic) bond motifs is 1. The maximum atomic E-state index is 13.2. The van der Waals surface area contributed by atoms with E-state index in [1.165, 1.54) is 22.2 Å². The number of nitrogens with two attached hydrogens (primary N) is 1. The van der Waals surface area contributed by atoms with Crippen LogP contribution in [0.25, 0.3) is 0 Å². The van der Waals surface area contributed by atoms with E-state index >= 15 is 0 Å². The molecule has 0 saturated carbocycles. The van der Waals surface area contributed by atoms with Gasteiger partial charge >= 0.3 is 0 Å². The SMILES string of the molecule is CN1CCc2cc(C(=O)N3C[C@H](NC(=O)C4CC=C(Cl)S4)C[C@H]3CN)sc2CC1. The van der Waals surface area contributed by atoms with Crippen molar-refractivity contribution in [3.05, 3.63) is 31.8 Å². The van der Waals surface area contributed by atoms with Crippen molar-refractivity contribution in [3.8, 4) is 0 Å². The molecule has 9 heteroatoms. The predicted octanol–water partition coefficient (Wildman–Crippen LogP) is 2.02. The van der Waals surface area contributed by atoms with Crippen molar-refractivity contribution >= 4 is 46.5 Å². The zero-order chi connectivity index (χ0) is 20.5. The van der Waals surface area contributed by atoms with E-state index in [-0.39, 0.29) is 29.1 Å². The summed E-state index contributed by atoms with van der Waals surface area (Å²) in [6.45, 7) is 2.97. The Hall–Kier alpha value is -1.06. The molecule has 0 bridgehead atoms. The van der Waals surface area contributed by atoms with Gasteiger partial charge in [-0.15, -0.1) is 23.1 Å². The number of thioether (sulfide) groups is 1. The Labute approximate surface area is 184 Å². The second-order valence-electron chi connectivity index (χ2n) is 8.00. The molecule has 3 aliphatic heterocycles. The molecule has 1 saturated heterocycles. The molecule has 29 heavy (non-hydrogen) atoms. The molecule has 6 nitrogen and oxygen atoms in total. The summed E-state index contributed by atoms with van der Waals surface area (Å²) < 4.78 is 0.678. The number of rotatable bonds is 4. The molecular weight excluding hydrogens is 428 g/mol. The first-order chi connectivity index (χ1) is 13.9. The van der Waals surface area contributed by atoms with E-state index in [9.17, 15) is 9.59 Å². The van der Waals surface area contributed by atoms with E-state index in [1.54, 1.807) is 11.3 Å². The number of likely N-dealkylation sites (tertiary alicyclic amines) is 1. The van der Waals surface area contributed by atoms with Gasteiger partial charge in [-0.25, -0.2) is 0 Å². The Morgan fingerprint density at radius 1 is 1.34 bits per heavy atom. The summed E-state index contributed by atoms with van der Waals surface area (Å²) in [6, 6.07) is 1.97. The Morgan fingerprint density at radius 3 is 2.86 bits per heavy atom. The molecule has 1 aromatic rings. The number of thiophene rings is 1. The number of carbonyl (C=O) groups is 2. The van der Waals surface area contributed by atoms with Crippen LogP contribution < -0.4 is 11.1 Å². The third kappa shape index (κ3) is 4.66. The highest BCUT2D eigenvalue weighted by molar-refractivity contribution is 8.06. The van der Waals surface area contributed by atoms with Gasteiger partial charge in [0, 0.05) is 43.1 Å². The Kier molecular flexibility index (Phi) is 6.56. The van der Waals surface area contributed by atoms with E-state index in [0.29, 0.717) is 30.3 Å². The number of carbonyl (C=O) groups excluding carboxylic acids is 2. The van der Waals surface area contributed by atoms with Gasteiger partial charge in [0.25, 0.3) is 5.91 Å². The Bertz CT molecular complexity index is 802. The fraction of sp³-hybridized carbons (Fsp3) is 0.600. The summed E-state index contributed by atoms with van der Waals surface area (Å²) in [6.07, 6.45) is 5.22. The summed E-state index contributed by atoms with van der Waals surface area (Å²) in [7, 11) is 2.14. The average molecular weight is 455 g/mol. The minimum Gasteiger partial charge on any atom is -0.351 e. The van der Waals surface area contributed by atoms with Gasteiger partial charge in [-0.2, -0.15) is 0 Å². The van der Waals surface area contributed by atoms with Gasteiger partial charge in [-0.3, -0.25) is 9.59 Å². The van der Waals surface area contributed by atoms with Gasteiger partial charge < -0.3 is 20.9 Å². The number of allylic oxidation sites excluding steroid dienone is 1. The van der Waals surface area contributed by atoms with Crippen LogP contribution in [0.2, 0.25) is 0 Å². The van der Waals surface area contributed by atoms with Crippen molar-refractivity contribution in [2.75, 3.05) is 33.2 Å². The number of amides is 2. The second-order valence-corrected chi connectivity index (χ2v) is 11.0. The predicted molar refractivity (Wildman–Crippen MR) is 120 cm³/mol. The van der Waals surface area contributed by atoms with E-state index in [4.69, 9.17) is 17.3 Å². The van der Waals surface area contributed by atoms with Gasteiger partial charge in [-0.05, 0) is 44.4 Å². The van der Waals surface area contributed by atoms with Crippen LogP contribution in [-0.4, -0.2) is 72.2 Å². The van der Waals surface area contributed by atoms with Crippen molar-refractivity contribution in [3.63, 3.8) is 0 Å². The van der Waals surface area contributed by atoms with Crippen molar-refractivity contribution < 1.29 is 9.59 Å². The van der Waals surface area contributed by atoms with Crippen LogP contribution >= 0.6 is 34.7 Å². The highest BCUT2D eigenvalue weighted by atomic mass is 35.5. The van der Waals surface area contributed by atoms with E-state index < -0.39 is 0 Å². The largest absolute Gasteiger partial charge is 0.351 e. The van der Waals surface area contributed by atoms with Gasteiger partial charge in [0.15, 0.2) is 0 Å². The monoisotopic (exact) mass is 454 g/mol. The fourth-order valence-electron chi connectivity index (χ4n) is 4.23. The lowest BCUT2D eigenvalue weighted by atomic mass is 10.1. The molecule has 3 aliphatic rings. The lowest BCUT2D eigenvalue weighted by Crippen LogP contribution is -2.42. The highest BCUT2D eigenvalue weighted by Gasteiger charge is 2.37. The molecular formula is C20H27ClN4O2S2. The number of halogens is 1. The summed E-state index contributed by atoms with van der Waals surface area (Å²) in [4.78, 5) is 32.1. The van der Waals surface area contributed by atoms with Gasteiger partial charge in [-0.1, -0.05) is 17.7 Å². The Morgan fingerprint density at radius 2 is 2.14 bits per heavy atom. The molecule has 3 atom stereocenters. The maximum Gasteiger partial charge on any atom is 0.264 e. The zero-order valence-electron chi connectivity index (χ0n) is 16.5.